The SMILES string of the molecule is CCCCCC[C@H]1C(=O)N[C@H](C(=O)OC)Cc2ccc(cc2)OCCC[C@@H]1C(=O)NO. The van der Waals surface area contributed by atoms with Crippen molar-refractivity contribution in [1.29, 1.82) is 0 Å². The van der Waals surface area contributed by atoms with Crippen LogP contribution in [-0.2, 0) is 25.5 Å². The number of unbranched alkanes of at least 4 members (excludes halogenated alkanes) is 3. The van der Waals surface area contributed by atoms with Crippen LogP contribution in [0.5, 0.6) is 5.75 Å². The van der Waals surface area contributed by atoms with E-state index in [0.29, 0.717) is 31.6 Å². The molecule has 1 aromatic rings. The van der Waals surface area contributed by atoms with Gasteiger partial charge >= 0.3 is 5.97 Å². The van der Waals surface area contributed by atoms with E-state index in [2.05, 4.69) is 12.2 Å². The molecule has 3 atom stereocenters. The Kier molecular flexibility index (Phi) is 10.3. The van der Waals surface area contributed by atoms with Gasteiger partial charge in [-0.25, -0.2) is 10.3 Å². The standard InChI is InChI=1S/C23H34N2O6/c1-3-4-5-6-8-18-19(22(27)25-29)9-7-14-31-17-12-10-16(11-13-17)15-20(23(28)30-2)24-21(18)26/h10-13,18-20,29H,3-9,14-15H2,1-2H3,(H,24,26)(H,25,27)/t18-,19+,20+/m1/s1. The summed E-state index contributed by atoms with van der Waals surface area (Å²) in [5.74, 6) is -2.22. The third-order valence-electron chi connectivity index (χ3n) is 5.73. The van der Waals surface area contributed by atoms with Crippen molar-refractivity contribution in [3.8, 4) is 5.75 Å². The maximum atomic E-state index is 13.3. The van der Waals surface area contributed by atoms with Crippen LogP contribution in [0.25, 0.3) is 0 Å². The number of hydrogen-bond acceptors (Lipinski definition) is 6. The lowest BCUT2D eigenvalue weighted by molar-refractivity contribution is -0.147. The molecule has 0 unspecified atom stereocenters. The molecule has 172 valence electrons. The molecule has 0 radical (unpaired) electrons. The second kappa shape index (κ2) is 12.9. The van der Waals surface area contributed by atoms with Crippen LogP contribution < -0.4 is 15.5 Å². The molecular weight excluding hydrogens is 400 g/mol. The molecule has 2 bridgehead atoms. The molecule has 0 saturated heterocycles. The van der Waals surface area contributed by atoms with E-state index < -0.39 is 29.8 Å². The first-order valence-electron chi connectivity index (χ1n) is 11.0. The summed E-state index contributed by atoms with van der Waals surface area (Å²) in [6.07, 6.45) is 5.49. The number of benzene rings is 1. The molecule has 2 aliphatic rings. The highest BCUT2D eigenvalue weighted by molar-refractivity contribution is 5.90. The second-order valence-corrected chi connectivity index (χ2v) is 7.96. The fourth-order valence-corrected chi connectivity index (χ4v) is 3.97. The number of carbonyl (C=O) groups excluding carboxylic acids is 3. The van der Waals surface area contributed by atoms with Crippen LogP contribution in [-0.4, -0.2) is 42.7 Å². The van der Waals surface area contributed by atoms with Crippen molar-refractivity contribution in [2.24, 2.45) is 11.8 Å². The van der Waals surface area contributed by atoms with Crippen molar-refractivity contribution in [1.82, 2.24) is 10.8 Å². The van der Waals surface area contributed by atoms with Gasteiger partial charge in [0.1, 0.15) is 11.8 Å². The van der Waals surface area contributed by atoms with Gasteiger partial charge in [-0.15, -0.1) is 0 Å². The Balaban J connectivity index is 2.31. The maximum Gasteiger partial charge on any atom is 0.328 e. The largest absolute Gasteiger partial charge is 0.494 e. The molecule has 31 heavy (non-hydrogen) atoms. The van der Waals surface area contributed by atoms with Gasteiger partial charge in [0.05, 0.1) is 19.6 Å². The number of hydroxylamine groups is 1. The lowest BCUT2D eigenvalue weighted by Crippen LogP contribution is -2.48. The molecule has 0 aliphatic carbocycles. The summed E-state index contributed by atoms with van der Waals surface area (Å²) in [6.45, 7) is 2.49. The van der Waals surface area contributed by atoms with E-state index in [-0.39, 0.29) is 12.3 Å². The van der Waals surface area contributed by atoms with Crippen molar-refractivity contribution in [2.45, 2.75) is 64.3 Å². The minimum atomic E-state index is -0.872. The summed E-state index contributed by atoms with van der Waals surface area (Å²) in [6, 6.07) is 6.46. The lowest BCUT2D eigenvalue weighted by atomic mass is 9.83. The molecule has 8 nitrogen and oxygen atoms in total. The van der Waals surface area contributed by atoms with E-state index in [4.69, 9.17) is 9.47 Å². The van der Waals surface area contributed by atoms with Crippen LogP contribution in [0.2, 0.25) is 0 Å². The molecule has 2 heterocycles. The Bertz CT molecular complexity index is 721. The highest BCUT2D eigenvalue weighted by Gasteiger charge is 2.35. The van der Waals surface area contributed by atoms with Gasteiger partial charge in [-0.3, -0.25) is 14.8 Å². The highest BCUT2D eigenvalue weighted by Crippen LogP contribution is 2.26. The van der Waals surface area contributed by atoms with Crippen molar-refractivity contribution < 1.29 is 29.1 Å². The van der Waals surface area contributed by atoms with Crippen LogP contribution >= 0.6 is 0 Å². The number of esters is 1. The van der Waals surface area contributed by atoms with Crippen molar-refractivity contribution in [2.75, 3.05) is 13.7 Å². The van der Waals surface area contributed by atoms with Crippen molar-refractivity contribution >= 4 is 17.8 Å². The van der Waals surface area contributed by atoms with E-state index in [9.17, 15) is 19.6 Å². The number of rotatable bonds is 7. The Hall–Kier alpha value is -2.61. The molecule has 3 rings (SSSR count). The first-order chi connectivity index (χ1) is 15.0. The van der Waals surface area contributed by atoms with Crippen LogP contribution in [0, 0.1) is 11.8 Å². The van der Waals surface area contributed by atoms with Crippen LogP contribution in [0.1, 0.15) is 57.4 Å². The molecule has 1 aromatic carbocycles. The van der Waals surface area contributed by atoms with Crippen molar-refractivity contribution in [3.05, 3.63) is 29.8 Å². The number of amides is 2. The first-order valence-corrected chi connectivity index (χ1v) is 11.0. The molecule has 0 spiro atoms. The van der Waals surface area contributed by atoms with Gasteiger partial charge in [-0.05, 0) is 37.0 Å². The van der Waals surface area contributed by atoms with Gasteiger partial charge in [-0.1, -0.05) is 44.7 Å². The van der Waals surface area contributed by atoms with Crippen molar-refractivity contribution in [3.63, 3.8) is 0 Å². The van der Waals surface area contributed by atoms with Crippen LogP contribution in [0.4, 0.5) is 0 Å². The summed E-state index contributed by atoms with van der Waals surface area (Å²) in [5, 5.41) is 12.1. The predicted octanol–water partition coefficient (Wildman–Crippen LogP) is 2.77. The van der Waals surface area contributed by atoms with Gasteiger partial charge < -0.3 is 14.8 Å². The Morgan fingerprint density at radius 2 is 1.97 bits per heavy atom. The third-order valence-corrected chi connectivity index (χ3v) is 5.73. The number of methoxy groups -OCH3 is 1. The Morgan fingerprint density at radius 1 is 1.23 bits per heavy atom. The van der Waals surface area contributed by atoms with Gasteiger partial charge in [0.2, 0.25) is 11.8 Å². The molecule has 0 saturated carbocycles. The number of nitrogens with one attached hydrogen (secondary N) is 2. The highest BCUT2D eigenvalue weighted by atomic mass is 16.5. The zero-order chi connectivity index (χ0) is 22.6. The van der Waals surface area contributed by atoms with Crippen LogP contribution in [0.15, 0.2) is 24.3 Å². The molecular formula is C23H34N2O6. The fourth-order valence-electron chi connectivity index (χ4n) is 3.97. The van der Waals surface area contributed by atoms with E-state index >= 15 is 0 Å². The quantitative estimate of drug-likeness (QED) is 0.263. The van der Waals surface area contributed by atoms with Gasteiger partial charge in [-0.2, -0.15) is 0 Å². The average Bonchev–Trinajstić information content (AvgIpc) is 2.79. The monoisotopic (exact) mass is 434 g/mol. The zero-order valence-corrected chi connectivity index (χ0v) is 18.4. The summed E-state index contributed by atoms with van der Waals surface area (Å²) in [5.41, 5.74) is 2.56. The second-order valence-electron chi connectivity index (χ2n) is 7.96. The Labute approximate surface area is 183 Å². The lowest BCUT2D eigenvalue weighted by Gasteiger charge is -2.27. The molecule has 8 heteroatoms. The fraction of sp³-hybridized carbons (Fsp3) is 0.609. The van der Waals surface area contributed by atoms with E-state index in [1.165, 1.54) is 7.11 Å². The summed E-state index contributed by atoms with van der Waals surface area (Å²) >= 11 is 0. The van der Waals surface area contributed by atoms with E-state index in [1.54, 1.807) is 5.48 Å². The molecule has 0 fully saturated rings. The summed E-state index contributed by atoms with van der Waals surface area (Å²) < 4.78 is 10.6. The smallest absolute Gasteiger partial charge is 0.328 e. The minimum Gasteiger partial charge on any atom is -0.494 e. The molecule has 2 amide bonds. The average molecular weight is 435 g/mol. The third kappa shape index (κ3) is 7.54. The number of ether oxygens (including phenoxy) is 2. The normalized spacial score (nSPS) is 22.0. The predicted molar refractivity (Wildman–Crippen MR) is 114 cm³/mol. The van der Waals surface area contributed by atoms with Gasteiger partial charge in [0.15, 0.2) is 0 Å². The van der Waals surface area contributed by atoms with E-state index in [0.717, 1.165) is 31.2 Å². The van der Waals surface area contributed by atoms with Gasteiger partial charge in [0, 0.05) is 12.3 Å². The minimum absolute atomic E-state index is 0.262. The first kappa shape index (κ1) is 24.7. The number of hydrogen-bond donors (Lipinski definition) is 3. The molecule has 0 aromatic heterocycles. The maximum absolute atomic E-state index is 13.3. The number of fused-ring (bicyclic) bond motifs is 11. The van der Waals surface area contributed by atoms with E-state index in [1.807, 2.05) is 24.3 Å². The summed E-state index contributed by atoms with van der Waals surface area (Å²) in [4.78, 5) is 38.1. The van der Waals surface area contributed by atoms with Crippen LogP contribution in [0.3, 0.4) is 0 Å². The zero-order valence-electron chi connectivity index (χ0n) is 18.4. The number of carbonyl (C=O) groups is 3. The molecule has 2 aliphatic heterocycles. The van der Waals surface area contributed by atoms with Gasteiger partial charge in [0.25, 0.3) is 0 Å². The summed E-state index contributed by atoms with van der Waals surface area (Å²) in [7, 11) is 1.28. The molecule has 3 N–H and O–H groups in total. The Morgan fingerprint density at radius 3 is 2.61 bits per heavy atom. The topological polar surface area (TPSA) is 114 Å².